The van der Waals surface area contributed by atoms with Gasteiger partial charge in [0.1, 0.15) is 0 Å². The number of nitrogens with zero attached hydrogens (tertiary/aromatic N) is 1. The van der Waals surface area contributed by atoms with Crippen LogP contribution in [0, 0.1) is 11.3 Å². The van der Waals surface area contributed by atoms with E-state index in [1.807, 2.05) is 0 Å². The molecule has 0 aromatic heterocycles. The molecule has 1 nitrogen and oxygen atoms in total. The summed E-state index contributed by atoms with van der Waals surface area (Å²) in [6.07, 6.45) is -4.55. The quantitative estimate of drug-likeness (QED) is 0.706. The summed E-state index contributed by atoms with van der Waals surface area (Å²) in [5, 5.41) is 8.03. The van der Waals surface area contributed by atoms with Crippen LogP contribution in [-0.4, -0.2) is 0 Å². The average molecular weight is 284 g/mol. The smallest absolute Gasteiger partial charge is 0.192 e. The molecule has 74 valence electrons. The largest absolute Gasteiger partial charge is 0.417 e. The molecule has 0 spiro atoms. The summed E-state index contributed by atoms with van der Waals surface area (Å²) in [7, 11) is 0. The predicted molar refractivity (Wildman–Crippen MR) is 48.9 cm³/mol. The van der Waals surface area contributed by atoms with Gasteiger partial charge in [-0.05, 0) is 28.1 Å². The van der Waals surface area contributed by atoms with Crippen LogP contribution in [0.5, 0.6) is 0 Å². The van der Waals surface area contributed by atoms with Crippen LogP contribution in [0.2, 0.25) is 5.02 Å². The highest BCUT2D eigenvalue weighted by Crippen LogP contribution is 2.38. The molecule has 1 aromatic carbocycles. The fourth-order valence-electron chi connectivity index (χ4n) is 0.860. The van der Waals surface area contributed by atoms with E-state index in [9.17, 15) is 13.2 Å². The highest BCUT2D eigenvalue weighted by Gasteiger charge is 2.34. The first-order valence-corrected chi connectivity index (χ1v) is 4.49. The maximum absolute atomic E-state index is 12.3. The van der Waals surface area contributed by atoms with E-state index >= 15 is 0 Å². The van der Waals surface area contributed by atoms with Gasteiger partial charge >= 0.3 is 6.18 Å². The van der Waals surface area contributed by atoms with Crippen LogP contribution in [0.15, 0.2) is 16.6 Å². The molecule has 0 aliphatic carbocycles. The van der Waals surface area contributed by atoms with Gasteiger partial charge in [0.2, 0.25) is 0 Å². The van der Waals surface area contributed by atoms with Gasteiger partial charge in [0.05, 0.1) is 22.2 Å². The Labute approximate surface area is 91.2 Å². The molecule has 0 saturated carbocycles. The predicted octanol–water partition coefficient (Wildman–Crippen LogP) is 3.99. The Morgan fingerprint density at radius 1 is 1.36 bits per heavy atom. The maximum atomic E-state index is 12.3. The summed E-state index contributed by atoms with van der Waals surface area (Å²) >= 11 is 8.28. The standard InChI is InChI=1S/C8H2BrClF3N/c9-6-2-4(3-14)1-5(7(6)10)8(11,12)13/h1-2H. The minimum absolute atomic E-state index is 0.0607. The van der Waals surface area contributed by atoms with Crippen molar-refractivity contribution in [2.24, 2.45) is 0 Å². The van der Waals surface area contributed by atoms with E-state index in [4.69, 9.17) is 16.9 Å². The van der Waals surface area contributed by atoms with Crippen LogP contribution in [0.25, 0.3) is 0 Å². The van der Waals surface area contributed by atoms with E-state index in [0.717, 1.165) is 0 Å². The van der Waals surface area contributed by atoms with Crippen LogP contribution in [0.1, 0.15) is 11.1 Å². The van der Waals surface area contributed by atoms with Gasteiger partial charge in [-0.15, -0.1) is 0 Å². The highest BCUT2D eigenvalue weighted by atomic mass is 79.9. The van der Waals surface area contributed by atoms with Crippen molar-refractivity contribution in [2.45, 2.75) is 6.18 Å². The second kappa shape index (κ2) is 3.79. The molecule has 1 aromatic rings. The Hall–Kier alpha value is -0.730. The van der Waals surface area contributed by atoms with Crippen molar-refractivity contribution in [3.05, 3.63) is 32.8 Å². The minimum Gasteiger partial charge on any atom is -0.192 e. The van der Waals surface area contributed by atoms with E-state index in [-0.39, 0.29) is 10.0 Å². The van der Waals surface area contributed by atoms with Gasteiger partial charge in [0.25, 0.3) is 0 Å². The van der Waals surface area contributed by atoms with Crippen molar-refractivity contribution >= 4 is 27.5 Å². The van der Waals surface area contributed by atoms with E-state index in [0.29, 0.717) is 6.07 Å². The van der Waals surface area contributed by atoms with E-state index in [1.54, 1.807) is 6.07 Å². The molecule has 0 aliphatic heterocycles. The molecule has 0 saturated heterocycles. The van der Waals surface area contributed by atoms with Crippen LogP contribution in [0.3, 0.4) is 0 Å². The number of alkyl halides is 3. The normalized spacial score (nSPS) is 11.1. The average Bonchev–Trinajstić information content (AvgIpc) is 2.07. The monoisotopic (exact) mass is 283 g/mol. The lowest BCUT2D eigenvalue weighted by Crippen LogP contribution is -2.06. The number of hydrogen-bond donors (Lipinski definition) is 0. The Bertz CT molecular complexity index is 408. The first kappa shape index (κ1) is 11.3. The third kappa shape index (κ3) is 2.20. The Morgan fingerprint density at radius 2 is 1.93 bits per heavy atom. The molecule has 0 N–H and O–H groups in total. The summed E-state index contributed by atoms with van der Waals surface area (Å²) in [5.74, 6) is 0. The molecule has 14 heavy (non-hydrogen) atoms. The Balaban J connectivity index is 3.44. The molecular formula is C8H2BrClF3N. The molecule has 6 heteroatoms. The van der Waals surface area contributed by atoms with Gasteiger partial charge in [-0.1, -0.05) is 11.6 Å². The highest BCUT2D eigenvalue weighted by molar-refractivity contribution is 9.10. The first-order chi connectivity index (χ1) is 6.36. The fraction of sp³-hybridized carbons (Fsp3) is 0.125. The summed E-state index contributed by atoms with van der Waals surface area (Å²) < 4.78 is 37.1. The summed E-state index contributed by atoms with van der Waals surface area (Å²) in [6.45, 7) is 0. The van der Waals surface area contributed by atoms with Crippen LogP contribution >= 0.6 is 27.5 Å². The lowest BCUT2D eigenvalue weighted by Gasteiger charge is -2.10. The maximum Gasteiger partial charge on any atom is 0.417 e. The number of rotatable bonds is 0. The van der Waals surface area contributed by atoms with Crippen LogP contribution < -0.4 is 0 Å². The van der Waals surface area contributed by atoms with Gasteiger partial charge in [0, 0.05) is 4.47 Å². The Morgan fingerprint density at radius 3 is 2.36 bits per heavy atom. The van der Waals surface area contributed by atoms with E-state index in [2.05, 4.69) is 15.9 Å². The zero-order valence-electron chi connectivity index (χ0n) is 6.49. The molecule has 0 radical (unpaired) electrons. The van der Waals surface area contributed by atoms with Crippen LogP contribution in [0.4, 0.5) is 13.2 Å². The number of hydrogen-bond acceptors (Lipinski definition) is 1. The molecule has 0 amide bonds. The van der Waals surface area contributed by atoms with Gasteiger partial charge in [-0.3, -0.25) is 0 Å². The minimum atomic E-state index is -4.55. The van der Waals surface area contributed by atoms with Crippen LogP contribution in [-0.2, 0) is 6.18 Å². The second-order valence-corrected chi connectivity index (χ2v) is 3.66. The molecule has 0 atom stereocenters. The van der Waals surface area contributed by atoms with E-state index in [1.165, 1.54) is 6.07 Å². The molecule has 0 heterocycles. The zero-order valence-corrected chi connectivity index (χ0v) is 8.83. The van der Waals surface area contributed by atoms with Gasteiger partial charge < -0.3 is 0 Å². The van der Waals surface area contributed by atoms with Crippen molar-refractivity contribution in [1.29, 1.82) is 5.26 Å². The topological polar surface area (TPSA) is 23.8 Å². The van der Waals surface area contributed by atoms with Crippen molar-refractivity contribution < 1.29 is 13.2 Å². The van der Waals surface area contributed by atoms with Crippen molar-refractivity contribution in [2.75, 3.05) is 0 Å². The third-order valence-electron chi connectivity index (χ3n) is 1.46. The summed E-state index contributed by atoms with van der Waals surface area (Å²) in [6, 6.07) is 3.57. The Kier molecular flexibility index (Phi) is 3.07. The molecular weight excluding hydrogens is 282 g/mol. The molecule has 0 fully saturated rings. The van der Waals surface area contributed by atoms with Crippen molar-refractivity contribution in [3.8, 4) is 6.07 Å². The summed E-state index contributed by atoms with van der Waals surface area (Å²) in [4.78, 5) is 0. The fourth-order valence-corrected chi connectivity index (χ4v) is 1.54. The summed E-state index contributed by atoms with van der Waals surface area (Å²) in [5.41, 5.74) is -1.10. The third-order valence-corrected chi connectivity index (χ3v) is 2.72. The second-order valence-electron chi connectivity index (χ2n) is 2.43. The van der Waals surface area contributed by atoms with Gasteiger partial charge in [0.15, 0.2) is 0 Å². The van der Waals surface area contributed by atoms with Crippen molar-refractivity contribution in [3.63, 3.8) is 0 Å². The lowest BCUT2D eigenvalue weighted by molar-refractivity contribution is -0.137. The number of nitriles is 1. The molecule has 0 unspecified atom stereocenters. The molecule has 1 rings (SSSR count). The van der Waals surface area contributed by atoms with E-state index < -0.39 is 16.8 Å². The van der Waals surface area contributed by atoms with Gasteiger partial charge in [-0.2, -0.15) is 18.4 Å². The number of halogens is 5. The zero-order chi connectivity index (χ0) is 10.9. The van der Waals surface area contributed by atoms with Gasteiger partial charge in [-0.25, -0.2) is 0 Å². The lowest BCUT2D eigenvalue weighted by atomic mass is 10.1. The van der Waals surface area contributed by atoms with Crippen molar-refractivity contribution in [1.82, 2.24) is 0 Å². The molecule has 0 aliphatic rings. The SMILES string of the molecule is N#Cc1cc(Br)c(Cl)c(C(F)(F)F)c1. The molecule has 0 bridgehead atoms. The number of benzene rings is 1. The first-order valence-electron chi connectivity index (χ1n) is 3.32.